The van der Waals surface area contributed by atoms with Crippen LogP contribution in [0.4, 0.5) is 0 Å². The number of benzene rings is 1. The molecule has 1 aromatic rings. The Morgan fingerprint density at radius 3 is 2.22 bits per heavy atom. The van der Waals surface area contributed by atoms with E-state index in [1.807, 2.05) is 35.0 Å². The summed E-state index contributed by atoms with van der Waals surface area (Å²) in [5.41, 5.74) is 1.25. The lowest BCUT2D eigenvalue weighted by molar-refractivity contribution is -0.140. The molecule has 2 rings (SSSR count). The van der Waals surface area contributed by atoms with Crippen LogP contribution >= 0.6 is 0 Å². The van der Waals surface area contributed by atoms with Gasteiger partial charge >= 0.3 is 0 Å². The minimum Gasteiger partial charge on any atom is -0.356 e. The Kier molecular flexibility index (Phi) is 11.0. The first-order valence-electron chi connectivity index (χ1n) is 11.9. The molecule has 0 aromatic heterocycles. The fourth-order valence-electron chi connectivity index (χ4n) is 3.94. The average molecular weight is 444 g/mol. The van der Waals surface area contributed by atoms with Crippen LogP contribution in [-0.4, -0.2) is 79.3 Å². The van der Waals surface area contributed by atoms with E-state index in [1.54, 1.807) is 7.05 Å². The topological polar surface area (TPSA) is 68.2 Å². The number of unbranched alkanes of at least 4 members (excludes halogenated alkanes) is 2. The van der Waals surface area contributed by atoms with Crippen molar-refractivity contribution in [2.24, 2.45) is 10.9 Å². The van der Waals surface area contributed by atoms with Crippen molar-refractivity contribution in [2.45, 2.75) is 52.5 Å². The lowest BCUT2D eigenvalue weighted by Crippen LogP contribution is -2.50. The average Bonchev–Trinajstić information content (AvgIpc) is 2.78. The zero-order chi connectivity index (χ0) is 23.3. The summed E-state index contributed by atoms with van der Waals surface area (Å²) in [5.74, 6) is 1.69. The van der Waals surface area contributed by atoms with E-state index in [0.717, 1.165) is 38.3 Å². The molecule has 178 valence electrons. The van der Waals surface area contributed by atoms with Crippen molar-refractivity contribution in [1.29, 1.82) is 0 Å². The molecule has 1 aliphatic rings. The number of carbonyl (C=O) groups excluding carboxylic acids is 2. The monoisotopic (exact) mass is 443 g/mol. The van der Waals surface area contributed by atoms with Crippen molar-refractivity contribution >= 4 is 17.8 Å². The number of piperazine rings is 1. The molecule has 1 aromatic carbocycles. The van der Waals surface area contributed by atoms with Gasteiger partial charge in [0.2, 0.25) is 11.8 Å². The molecule has 7 heteroatoms. The van der Waals surface area contributed by atoms with Crippen LogP contribution in [0.1, 0.15) is 51.5 Å². The third-order valence-electron chi connectivity index (χ3n) is 5.75. The van der Waals surface area contributed by atoms with E-state index in [-0.39, 0.29) is 11.8 Å². The second kappa shape index (κ2) is 13.8. The molecule has 0 saturated carbocycles. The Hall–Kier alpha value is -2.57. The Morgan fingerprint density at radius 1 is 1.00 bits per heavy atom. The summed E-state index contributed by atoms with van der Waals surface area (Å²) in [6, 6.07) is 10.4. The highest BCUT2D eigenvalue weighted by Crippen LogP contribution is 2.11. The minimum atomic E-state index is 0.212. The largest absolute Gasteiger partial charge is 0.356 e. The van der Waals surface area contributed by atoms with Gasteiger partial charge in [0, 0.05) is 66.2 Å². The SMILES string of the molecule is CN=C(NCCCCCC(=O)N1CCN(C(=O)CC(C)C)CC1)N(C)Cc1ccccc1. The molecule has 7 nitrogen and oxygen atoms in total. The number of hydrogen-bond donors (Lipinski definition) is 1. The first-order valence-corrected chi connectivity index (χ1v) is 11.9. The number of rotatable bonds is 10. The summed E-state index contributed by atoms with van der Waals surface area (Å²) in [6.45, 7) is 8.43. The van der Waals surface area contributed by atoms with Crippen LogP contribution < -0.4 is 5.32 Å². The first-order chi connectivity index (χ1) is 15.4. The molecule has 0 radical (unpaired) electrons. The van der Waals surface area contributed by atoms with Crippen LogP contribution in [0.3, 0.4) is 0 Å². The number of guanidine groups is 1. The van der Waals surface area contributed by atoms with Gasteiger partial charge in [-0.15, -0.1) is 0 Å². The molecule has 32 heavy (non-hydrogen) atoms. The Bertz CT molecular complexity index is 727. The predicted octanol–water partition coefficient (Wildman–Crippen LogP) is 2.97. The van der Waals surface area contributed by atoms with Crippen LogP contribution in [0.15, 0.2) is 35.3 Å². The van der Waals surface area contributed by atoms with Gasteiger partial charge in [0.1, 0.15) is 0 Å². The highest BCUT2D eigenvalue weighted by molar-refractivity contribution is 5.79. The second-order valence-corrected chi connectivity index (χ2v) is 8.99. The minimum absolute atomic E-state index is 0.212. The molecule has 1 aliphatic heterocycles. The molecule has 0 spiro atoms. The number of carbonyl (C=O) groups is 2. The summed E-state index contributed by atoms with van der Waals surface area (Å²) in [5, 5.41) is 3.41. The smallest absolute Gasteiger partial charge is 0.222 e. The molecule has 1 saturated heterocycles. The van der Waals surface area contributed by atoms with E-state index in [0.29, 0.717) is 44.9 Å². The van der Waals surface area contributed by atoms with E-state index in [1.165, 1.54) is 5.56 Å². The molecular weight excluding hydrogens is 402 g/mol. The zero-order valence-corrected chi connectivity index (χ0v) is 20.3. The van der Waals surface area contributed by atoms with Crippen molar-refractivity contribution in [3.63, 3.8) is 0 Å². The van der Waals surface area contributed by atoms with Gasteiger partial charge in [0.05, 0.1) is 0 Å². The molecule has 2 amide bonds. The van der Waals surface area contributed by atoms with Crippen LogP contribution in [0.25, 0.3) is 0 Å². The molecule has 0 bridgehead atoms. The Morgan fingerprint density at radius 2 is 1.62 bits per heavy atom. The Labute approximate surface area is 193 Å². The highest BCUT2D eigenvalue weighted by atomic mass is 16.2. The second-order valence-electron chi connectivity index (χ2n) is 8.99. The van der Waals surface area contributed by atoms with Gasteiger partial charge in [0.15, 0.2) is 5.96 Å². The lowest BCUT2D eigenvalue weighted by atomic mass is 10.1. The van der Waals surface area contributed by atoms with E-state index in [9.17, 15) is 9.59 Å². The fourth-order valence-corrected chi connectivity index (χ4v) is 3.94. The maximum Gasteiger partial charge on any atom is 0.222 e. The summed E-state index contributed by atoms with van der Waals surface area (Å²) < 4.78 is 0. The van der Waals surface area contributed by atoms with Crippen LogP contribution in [0.2, 0.25) is 0 Å². The van der Waals surface area contributed by atoms with Gasteiger partial charge in [-0.3, -0.25) is 14.6 Å². The van der Waals surface area contributed by atoms with Crippen molar-refractivity contribution < 1.29 is 9.59 Å². The molecule has 0 aliphatic carbocycles. The first kappa shape index (κ1) is 25.7. The standard InChI is InChI=1S/C25H41N5O2/c1-21(2)19-24(32)30-17-15-29(16-18-30)23(31)13-9-6-10-14-27-25(26-3)28(4)20-22-11-7-5-8-12-22/h5,7-8,11-12,21H,6,9-10,13-20H2,1-4H3,(H,26,27). The van der Waals surface area contributed by atoms with Gasteiger partial charge in [-0.1, -0.05) is 50.6 Å². The Balaban J connectivity index is 1.57. The molecule has 1 fully saturated rings. The van der Waals surface area contributed by atoms with Gasteiger partial charge in [0.25, 0.3) is 0 Å². The summed E-state index contributed by atoms with van der Waals surface area (Å²) in [6.07, 6.45) is 4.08. The number of nitrogens with one attached hydrogen (secondary N) is 1. The van der Waals surface area contributed by atoms with Gasteiger partial charge in [-0.25, -0.2) is 0 Å². The third kappa shape index (κ3) is 8.89. The maximum absolute atomic E-state index is 12.5. The van der Waals surface area contributed by atoms with E-state index >= 15 is 0 Å². The summed E-state index contributed by atoms with van der Waals surface area (Å²) in [7, 11) is 3.84. The predicted molar refractivity (Wildman–Crippen MR) is 130 cm³/mol. The van der Waals surface area contributed by atoms with E-state index in [2.05, 4.69) is 41.2 Å². The number of hydrogen-bond acceptors (Lipinski definition) is 3. The number of nitrogens with zero attached hydrogens (tertiary/aromatic N) is 4. The molecule has 1 N–H and O–H groups in total. The molecule has 1 heterocycles. The van der Waals surface area contributed by atoms with Gasteiger partial charge in [-0.2, -0.15) is 0 Å². The zero-order valence-electron chi connectivity index (χ0n) is 20.3. The van der Waals surface area contributed by atoms with Gasteiger partial charge in [-0.05, 0) is 24.3 Å². The molecule has 0 atom stereocenters. The van der Waals surface area contributed by atoms with E-state index in [4.69, 9.17) is 0 Å². The normalized spacial score (nSPS) is 14.6. The van der Waals surface area contributed by atoms with E-state index < -0.39 is 0 Å². The maximum atomic E-state index is 12.5. The molecular formula is C25H41N5O2. The summed E-state index contributed by atoms with van der Waals surface area (Å²) >= 11 is 0. The molecule has 0 unspecified atom stereocenters. The third-order valence-corrected chi connectivity index (χ3v) is 5.75. The van der Waals surface area contributed by atoms with Crippen LogP contribution in [-0.2, 0) is 16.1 Å². The summed E-state index contributed by atoms with van der Waals surface area (Å²) in [4.78, 5) is 34.9. The number of aliphatic imine (C=N–C) groups is 1. The van der Waals surface area contributed by atoms with Gasteiger partial charge < -0.3 is 20.0 Å². The van der Waals surface area contributed by atoms with Crippen molar-refractivity contribution in [2.75, 3.05) is 46.8 Å². The lowest BCUT2D eigenvalue weighted by Gasteiger charge is -2.35. The highest BCUT2D eigenvalue weighted by Gasteiger charge is 2.23. The fraction of sp³-hybridized carbons (Fsp3) is 0.640. The van der Waals surface area contributed by atoms with Crippen molar-refractivity contribution in [1.82, 2.24) is 20.0 Å². The number of amides is 2. The van der Waals surface area contributed by atoms with Crippen molar-refractivity contribution in [3.8, 4) is 0 Å². The van der Waals surface area contributed by atoms with Crippen molar-refractivity contribution in [3.05, 3.63) is 35.9 Å². The van der Waals surface area contributed by atoms with Crippen LogP contribution in [0, 0.1) is 5.92 Å². The quantitative estimate of drug-likeness (QED) is 0.343. The van der Waals surface area contributed by atoms with Crippen LogP contribution in [0.5, 0.6) is 0 Å².